The Kier molecular flexibility index (Phi) is 5.16. The number of ether oxygens (including phenoxy) is 1. The molecule has 6 heteroatoms. The quantitative estimate of drug-likeness (QED) is 0.810. The van der Waals surface area contributed by atoms with Crippen molar-refractivity contribution in [1.82, 2.24) is 5.32 Å². The molecule has 0 atom stereocenters. The molecule has 0 radical (unpaired) electrons. The van der Waals surface area contributed by atoms with E-state index in [1.165, 1.54) is 0 Å². The minimum atomic E-state index is -0.493. The van der Waals surface area contributed by atoms with Gasteiger partial charge in [-0.05, 0) is 60.4 Å². The number of carbonyl (C=O) groups excluding carboxylic acids is 1. The number of rotatable bonds is 4. The second kappa shape index (κ2) is 6.01. The number of amides is 1. The van der Waals surface area contributed by atoms with Crippen LogP contribution in [0.3, 0.4) is 0 Å². The number of hydrogen-bond acceptors (Lipinski definition) is 4. The third-order valence-corrected chi connectivity index (χ3v) is 3.70. The summed E-state index contributed by atoms with van der Waals surface area (Å²) in [6.45, 7) is 17.9. The molecule has 0 aromatic rings. The standard InChI is InChI=1S/C15H28BNO4/c1-11(9-10-17-12(18)19-13(2,3)4)16-20-14(5,6)15(7,8)21-16/h1,9-10H2,2-8H3,(H,17,18). The van der Waals surface area contributed by atoms with Crippen LogP contribution in [0, 0.1) is 0 Å². The van der Waals surface area contributed by atoms with Gasteiger partial charge in [0.2, 0.25) is 0 Å². The molecule has 120 valence electrons. The van der Waals surface area contributed by atoms with Crippen LogP contribution in [0.4, 0.5) is 4.79 Å². The zero-order valence-electron chi connectivity index (χ0n) is 14.3. The molecule has 1 saturated heterocycles. The van der Waals surface area contributed by atoms with Crippen LogP contribution in [0.1, 0.15) is 54.9 Å². The van der Waals surface area contributed by atoms with E-state index in [9.17, 15) is 4.79 Å². The van der Waals surface area contributed by atoms with Crippen molar-refractivity contribution in [2.24, 2.45) is 0 Å². The molecule has 1 rings (SSSR count). The molecule has 1 aliphatic heterocycles. The second-order valence-corrected chi connectivity index (χ2v) is 7.43. The van der Waals surface area contributed by atoms with Gasteiger partial charge in [-0.15, -0.1) is 6.58 Å². The number of nitrogens with one attached hydrogen (secondary N) is 1. The van der Waals surface area contributed by atoms with Gasteiger partial charge in [-0.2, -0.15) is 0 Å². The van der Waals surface area contributed by atoms with E-state index in [-0.39, 0.29) is 11.2 Å². The van der Waals surface area contributed by atoms with Crippen LogP contribution < -0.4 is 5.32 Å². The lowest BCUT2D eigenvalue weighted by Crippen LogP contribution is -2.41. The van der Waals surface area contributed by atoms with Gasteiger partial charge in [0.1, 0.15) is 5.60 Å². The summed E-state index contributed by atoms with van der Waals surface area (Å²) in [5.74, 6) is 0. The van der Waals surface area contributed by atoms with Gasteiger partial charge in [0.25, 0.3) is 0 Å². The molecule has 1 aliphatic rings. The van der Waals surface area contributed by atoms with Crippen molar-refractivity contribution >= 4 is 13.2 Å². The average molecular weight is 297 g/mol. The normalized spacial score (nSPS) is 20.2. The largest absolute Gasteiger partial charge is 0.490 e. The monoisotopic (exact) mass is 297 g/mol. The first kappa shape index (κ1) is 18.0. The molecule has 1 N–H and O–H groups in total. The van der Waals surface area contributed by atoms with Gasteiger partial charge < -0.3 is 19.4 Å². The molecule has 5 nitrogen and oxygen atoms in total. The summed E-state index contributed by atoms with van der Waals surface area (Å²) in [5.41, 5.74) is -0.435. The highest BCUT2D eigenvalue weighted by Gasteiger charge is 2.51. The van der Waals surface area contributed by atoms with Crippen LogP contribution >= 0.6 is 0 Å². The predicted molar refractivity (Wildman–Crippen MR) is 84.1 cm³/mol. The van der Waals surface area contributed by atoms with Crippen LogP contribution in [-0.2, 0) is 14.0 Å². The van der Waals surface area contributed by atoms with Crippen molar-refractivity contribution in [2.45, 2.75) is 71.7 Å². The number of carbonyl (C=O) groups is 1. The van der Waals surface area contributed by atoms with E-state index in [0.717, 1.165) is 5.47 Å². The van der Waals surface area contributed by atoms with E-state index in [4.69, 9.17) is 14.0 Å². The first-order valence-electron chi connectivity index (χ1n) is 7.34. The van der Waals surface area contributed by atoms with Gasteiger partial charge in [0.05, 0.1) is 11.2 Å². The Morgan fingerprint density at radius 1 is 1.19 bits per heavy atom. The highest BCUT2D eigenvalue weighted by molar-refractivity contribution is 6.54. The van der Waals surface area contributed by atoms with E-state index in [0.29, 0.717) is 13.0 Å². The fraction of sp³-hybridized carbons (Fsp3) is 0.800. The summed E-state index contributed by atoms with van der Waals surface area (Å²) < 4.78 is 17.0. The maximum atomic E-state index is 11.5. The zero-order valence-corrected chi connectivity index (χ0v) is 14.3. The molecule has 0 saturated carbocycles. The van der Waals surface area contributed by atoms with Crippen LogP contribution in [0.15, 0.2) is 12.1 Å². The fourth-order valence-corrected chi connectivity index (χ4v) is 1.77. The van der Waals surface area contributed by atoms with Crippen LogP contribution in [0.25, 0.3) is 0 Å². The smallest absolute Gasteiger partial charge is 0.444 e. The maximum absolute atomic E-state index is 11.5. The van der Waals surface area contributed by atoms with E-state index >= 15 is 0 Å². The minimum Gasteiger partial charge on any atom is -0.444 e. The molecule has 0 aromatic carbocycles. The van der Waals surface area contributed by atoms with Gasteiger partial charge in [0.15, 0.2) is 0 Å². The van der Waals surface area contributed by atoms with Gasteiger partial charge in [0, 0.05) is 6.54 Å². The molecular weight excluding hydrogens is 269 g/mol. The van der Waals surface area contributed by atoms with Gasteiger partial charge in [-0.3, -0.25) is 0 Å². The Morgan fingerprint density at radius 3 is 2.10 bits per heavy atom. The van der Waals surface area contributed by atoms with Crippen molar-refractivity contribution in [3.63, 3.8) is 0 Å². The molecule has 0 spiro atoms. The molecule has 1 fully saturated rings. The summed E-state index contributed by atoms with van der Waals surface area (Å²) in [5, 5.41) is 2.70. The van der Waals surface area contributed by atoms with Crippen molar-refractivity contribution in [1.29, 1.82) is 0 Å². The summed E-state index contributed by atoms with van der Waals surface area (Å²) >= 11 is 0. The summed E-state index contributed by atoms with van der Waals surface area (Å²) in [7, 11) is -0.435. The van der Waals surface area contributed by atoms with E-state index in [1.54, 1.807) is 0 Å². The Balaban J connectivity index is 2.38. The van der Waals surface area contributed by atoms with Crippen LogP contribution in [0.2, 0.25) is 0 Å². The summed E-state index contributed by atoms with van der Waals surface area (Å²) in [4.78, 5) is 11.5. The number of hydrogen-bond donors (Lipinski definition) is 1. The van der Waals surface area contributed by atoms with E-state index in [2.05, 4.69) is 11.9 Å². The van der Waals surface area contributed by atoms with Crippen molar-refractivity contribution in [3.05, 3.63) is 12.1 Å². The maximum Gasteiger partial charge on any atom is 0.490 e. The molecule has 0 unspecified atom stereocenters. The van der Waals surface area contributed by atoms with Crippen molar-refractivity contribution < 1.29 is 18.8 Å². The predicted octanol–water partition coefficient (Wildman–Crippen LogP) is 3.09. The Hall–Kier alpha value is -1.01. The van der Waals surface area contributed by atoms with Crippen molar-refractivity contribution in [2.75, 3.05) is 6.54 Å². The van der Waals surface area contributed by atoms with Crippen molar-refractivity contribution in [3.8, 4) is 0 Å². The second-order valence-electron chi connectivity index (χ2n) is 7.43. The Morgan fingerprint density at radius 2 is 1.67 bits per heavy atom. The van der Waals surface area contributed by atoms with Gasteiger partial charge in [-0.1, -0.05) is 0 Å². The summed E-state index contributed by atoms with van der Waals surface area (Å²) in [6.07, 6.45) is 0.153. The first-order chi connectivity index (χ1) is 9.34. The molecule has 1 heterocycles. The van der Waals surface area contributed by atoms with Gasteiger partial charge >= 0.3 is 13.2 Å². The average Bonchev–Trinajstić information content (AvgIpc) is 2.45. The lowest BCUT2D eigenvalue weighted by molar-refractivity contribution is 0.00578. The lowest BCUT2D eigenvalue weighted by Gasteiger charge is -2.32. The van der Waals surface area contributed by atoms with E-state index < -0.39 is 18.8 Å². The van der Waals surface area contributed by atoms with E-state index in [1.807, 2.05) is 48.5 Å². The molecule has 0 aliphatic carbocycles. The highest BCUT2D eigenvalue weighted by Crippen LogP contribution is 2.38. The SMILES string of the molecule is C=C(CCNC(=O)OC(C)(C)C)B1OC(C)(C)C(C)(C)O1. The third kappa shape index (κ3) is 5.04. The summed E-state index contributed by atoms with van der Waals surface area (Å²) in [6, 6.07) is 0. The minimum absolute atomic E-state index is 0.376. The Bertz CT molecular complexity index is 396. The molecule has 0 bridgehead atoms. The molecular formula is C15H28BNO4. The molecule has 0 aromatic heterocycles. The van der Waals surface area contributed by atoms with Crippen LogP contribution in [0.5, 0.6) is 0 Å². The fourth-order valence-electron chi connectivity index (χ4n) is 1.77. The van der Waals surface area contributed by atoms with Gasteiger partial charge in [-0.25, -0.2) is 4.79 Å². The topological polar surface area (TPSA) is 56.8 Å². The third-order valence-electron chi connectivity index (χ3n) is 3.70. The molecule has 21 heavy (non-hydrogen) atoms. The first-order valence-corrected chi connectivity index (χ1v) is 7.34. The number of alkyl carbamates (subject to hydrolysis) is 1. The zero-order chi connectivity index (χ0) is 16.5. The molecule has 1 amide bonds. The highest BCUT2D eigenvalue weighted by atomic mass is 16.7. The Labute approximate surface area is 128 Å². The van der Waals surface area contributed by atoms with Crippen LogP contribution in [-0.4, -0.2) is 36.6 Å². The lowest BCUT2D eigenvalue weighted by atomic mass is 9.77.